The lowest BCUT2D eigenvalue weighted by Crippen LogP contribution is -2.30. The number of ether oxygens (including phenoxy) is 1. The van der Waals surface area contributed by atoms with Crippen LogP contribution in [0.25, 0.3) is 11.0 Å². The molecule has 0 amide bonds. The van der Waals surface area contributed by atoms with Gasteiger partial charge in [-0.3, -0.25) is 14.9 Å². The largest absolute Gasteiger partial charge is 0.460 e. The molecule has 1 aromatic heterocycles. The second kappa shape index (κ2) is 10.5. The van der Waals surface area contributed by atoms with Gasteiger partial charge >= 0.3 is 11.6 Å². The average molecular weight is 518 g/mol. The monoisotopic (exact) mass is 517 g/mol. The van der Waals surface area contributed by atoms with Crippen molar-refractivity contribution in [3.8, 4) is 0 Å². The first-order valence-corrected chi connectivity index (χ1v) is 12.5. The van der Waals surface area contributed by atoms with Gasteiger partial charge in [-0.15, -0.1) is 0 Å². The van der Waals surface area contributed by atoms with Crippen molar-refractivity contribution in [2.24, 2.45) is 0 Å². The topological polar surface area (TPSA) is 149 Å². The summed E-state index contributed by atoms with van der Waals surface area (Å²) in [6, 6.07) is 8.31. The molecule has 0 bridgehead atoms. The van der Waals surface area contributed by atoms with Crippen molar-refractivity contribution < 1.29 is 27.3 Å². The zero-order valence-corrected chi connectivity index (χ0v) is 21.3. The number of benzene rings is 2. The maximum atomic E-state index is 12.6. The molecule has 192 valence electrons. The Morgan fingerprint density at radius 2 is 1.89 bits per heavy atom. The SMILES string of the molecule is Cc1cc2oc(=O)cc(COC(=O)CNS(=O)(=O)c3ccc(N(C)C)c([N+](=O)[O-])c3)c2cc1C(C)C. The first-order valence-electron chi connectivity index (χ1n) is 11.0. The molecule has 0 aliphatic carbocycles. The van der Waals surface area contributed by atoms with Crippen LogP contribution in [0, 0.1) is 17.0 Å². The zero-order valence-electron chi connectivity index (χ0n) is 20.5. The predicted octanol–water partition coefficient (Wildman–Crippen LogP) is 3.22. The fourth-order valence-electron chi connectivity index (χ4n) is 3.77. The highest BCUT2D eigenvalue weighted by Gasteiger charge is 2.23. The number of carbonyl (C=O) groups is 1. The van der Waals surface area contributed by atoms with Gasteiger partial charge in [0, 0.05) is 37.2 Å². The third kappa shape index (κ3) is 5.89. The van der Waals surface area contributed by atoms with Crippen LogP contribution in [0.1, 0.15) is 36.5 Å². The quantitative estimate of drug-likeness (QED) is 0.195. The van der Waals surface area contributed by atoms with E-state index < -0.39 is 38.8 Å². The van der Waals surface area contributed by atoms with Gasteiger partial charge in [-0.25, -0.2) is 13.2 Å². The number of nitrogens with one attached hydrogen (secondary N) is 1. The van der Waals surface area contributed by atoms with E-state index in [2.05, 4.69) is 4.72 Å². The molecule has 2 aromatic carbocycles. The number of hydrogen-bond acceptors (Lipinski definition) is 9. The number of nitro benzene ring substituents is 1. The van der Waals surface area contributed by atoms with Gasteiger partial charge in [0.2, 0.25) is 10.0 Å². The third-order valence-corrected chi connectivity index (χ3v) is 6.97. The Balaban J connectivity index is 1.75. The standard InChI is InChI=1S/C24H27N3O8S/c1-14(2)18-11-19-16(9-23(28)35-22(19)8-15(18)3)13-34-24(29)12-25-36(32,33)17-6-7-20(26(4)5)21(10-17)27(30)31/h6-11,14,25H,12-13H2,1-5H3. The lowest BCUT2D eigenvalue weighted by Gasteiger charge is -2.14. The summed E-state index contributed by atoms with van der Waals surface area (Å²) in [5.41, 5.74) is 2.03. The molecule has 3 aromatic rings. The first kappa shape index (κ1) is 26.8. The molecule has 0 unspecified atom stereocenters. The molecular formula is C24H27N3O8S. The molecule has 0 saturated heterocycles. The number of anilines is 1. The van der Waals surface area contributed by atoms with E-state index in [1.165, 1.54) is 23.1 Å². The molecular weight excluding hydrogens is 490 g/mol. The molecule has 12 heteroatoms. The minimum atomic E-state index is -4.24. The smallest absolute Gasteiger partial charge is 0.336 e. The van der Waals surface area contributed by atoms with Crippen molar-refractivity contribution in [2.75, 3.05) is 25.5 Å². The molecule has 0 radical (unpaired) electrons. The number of nitrogens with zero attached hydrogens (tertiary/aromatic N) is 2. The van der Waals surface area contributed by atoms with Gasteiger partial charge in [0.25, 0.3) is 5.69 Å². The van der Waals surface area contributed by atoms with Crippen LogP contribution in [-0.2, 0) is 26.2 Å². The minimum Gasteiger partial charge on any atom is -0.460 e. The molecule has 1 N–H and O–H groups in total. The number of rotatable bonds is 9. The number of nitro groups is 1. The third-order valence-electron chi connectivity index (χ3n) is 5.57. The van der Waals surface area contributed by atoms with Crippen LogP contribution in [0.3, 0.4) is 0 Å². The van der Waals surface area contributed by atoms with Crippen molar-refractivity contribution in [2.45, 2.75) is 38.2 Å². The number of hydrogen-bond donors (Lipinski definition) is 1. The maximum absolute atomic E-state index is 12.6. The van der Waals surface area contributed by atoms with Crippen molar-refractivity contribution >= 4 is 38.3 Å². The second-order valence-electron chi connectivity index (χ2n) is 8.74. The Hall–Kier alpha value is -3.77. The molecule has 11 nitrogen and oxygen atoms in total. The second-order valence-corrected chi connectivity index (χ2v) is 10.5. The highest BCUT2D eigenvalue weighted by molar-refractivity contribution is 7.89. The number of sulfonamides is 1. The van der Waals surface area contributed by atoms with Crippen LogP contribution in [0.5, 0.6) is 0 Å². The molecule has 3 rings (SSSR count). The number of aryl methyl sites for hydroxylation is 1. The van der Waals surface area contributed by atoms with Crippen molar-refractivity contribution in [3.63, 3.8) is 0 Å². The van der Waals surface area contributed by atoms with E-state index in [9.17, 15) is 28.1 Å². The molecule has 0 aliphatic rings. The molecule has 0 spiro atoms. The van der Waals surface area contributed by atoms with Gasteiger partial charge in [0.1, 0.15) is 24.4 Å². The summed E-state index contributed by atoms with van der Waals surface area (Å²) in [5.74, 6) is -0.677. The predicted molar refractivity (Wildman–Crippen MR) is 134 cm³/mol. The van der Waals surface area contributed by atoms with E-state index >= 15 is 0 Å². The van der Waals surface area contributed by atoms with Gasteiger partial charge < -0.3 is 14.1 Å². The lowest BCUT2D eigenvalue weighted by atomic mass is 9.95. The highest BCUT2D eigenvalue weighted by Crippen LogP contribution is 2.29. The van der Waals surface area contributed by atoms with Crippen LogP contribution in [0.2, 0.25) is 0 Å². The summed E-state index contributed by atoms with van der Waals surface area (Å²) < 4.78 is 37.8. The van der Waals surface area contributed by atoms with Crippen molar-refractivity contribution in [1.82, 2.24) is 4.72 Å². The average Bonchev–Trinajstić information content (AvgIpc) is 2.79. The molecule has 0 atom stereocenters. The summed E-state index contributed by atoms with van der Waals surface area (Å²) in [5, 5.41) is 12.0. The molecule has 0 fully saturated rings. The van der Waals surface area contributed by atoms with E-state index in [0.29, 0.717) is 16.5 Å². The van der Waals surface area contributed by atoms with Gasteiger partial charge in [0.05, 0.1) is 9.82 Å². The molecule has 36 heavy (non-hydrogen) atoms. The summed E-state index contributed by atoms with van der Waals surface area (Å²) in [6.07, 6.45) is 0. The van der Waals surface area contributed by atoms with E-state index in [-0.39, 0.29) is 23.1 Å². The van der Waals surface area contributed by atoms with E-state index in [1.54, 1.807) is 20.2 Å². The van der Waals surface area contributed by atoms with Gasteiger partial charge in [0.15, 0.2) is 0 Å². The molecule has 0 saturated carbocycles. The van der Waals surface area contributed by atoms with Gasteiger partial charge in [-0.1, -0.05) is 13.8 Å². The van der Waals surface area contributed by atoms with Gasteiger partial charge in [-0.2, -0.15) is 4.72 Å². The van der Waals surface area contributed by atoms with Crippen molar-refractivity contribution in [1.29, 1.82) is 0 Å². The zero-order chi connectivity index (χ0) is 26.8. The summed E-state index contributed by atoms with van der Waals surface area (Å²) in [6.45, 7) is 4.99. The first-order chi connectivity index (χ1) is 16.8. The van der Waals surface area contributed by atoms with Crippen LogP contribution in [0.15, 0.2) is 50.5 Å². The normalized spacial score (nSPS) is 11.6. The van der Waals surface area contributed by atoms with E-state index in [0.717, 1.165) is 17.2 Å². The summed E-state index contributed by atoms with van der Waals surface area (Å²) in [7, 11) is -1.05. The number of fused-ring (bicyclic) bond motifs is 1. The Bertz CT molecular complexity index is 1490. The van der Waals surface area contributed by atoms with Gasteiger partial charge in [-0.05, 0) is 48.2 Å². The summed E-state index contributed by atoms with van der Waals surface area (Å²) in [4.78, 5) is 36.1. The van der Waals surface area contributed by atoms with Crippen LogP contribution in [-0.4, -0.2) is 40.0 Å². The Kier molecular flexibility index (Phi) is 7.80. The Labute approximate surface area is 207 Å². The fraction of sp³-hybridized carbons (Fsp3) is 0.333. The van der Waals surface area contributed by atoms with Crippen molar-refractivity contribution in [3.05, 3.63) is 73.6 Å². The molecule has 1 heterocycles. The number of carbonyl (C=O) groups excluding carboxylic acids is 1. The van der Waals surface area contributed by atoms with Crippen LogP contribution >= 0.6 is 0 Å². The minimum absolute atomic E-state index is 0.216. The van der Waals surface area contributed by atoms with Crippen LogP contribution in [0.4, 0.5) is 11.4 Å². The highest BCUT2D eigenvalue weighted by atomic mass is 32.2. The fourth-order valence-corrected chi connectivity index (χ4v) is 4.76. The summed E-state index contributed by atoms with van der Waals surface area (Å²) >= 11 is 0. The van der Waals surface area contributed by atoms with Crippen LogP contribution < -0.4 is 15.2 Å². The molecule has 0 aliphatic heterocycles. The lowest BCUT2D eigenvalue weighted by molar-refractivity contribution is -0.384. The van der Waals surface area contributed by atoms with E-state index in [1.807, 2.05) is 26.8 Å². The Morgan fingerprint density at radius 3 is 2.50 bits per heavy atom. The number of esters is 1. The maximum Gasteiger partial charge on any atom is 0.336 e. The Morgan fingerprint density at radius 1 is 1.19 bits per heavy atom. The van der Waals surface area contributed by atoms with E-state index in [4.69, 9.17) is 9.15 Å².